The summed E-state index contributed by atoms with van der Waals surface area (Å²) >= 11 is 0. The van der Waals surface area contributed by atoms with E-state index in [0.717, 1.165) is 12.6 Å². The van der Waals surface area contributed by atoms with Gasteiger partial charge in [0.1, 0.15) is 0 Å². The molecule has 2 heteroatoms. The lowest BCUT2D eigenvalue weighted by molar-refractivity contribution is -0.0261. The maximum absolute atomic E-state index is 6.21. The second kappa shape index (κ2) is 6.35. The first-order chi connectivity index (χ1) is 8.66. The Morgan fingerprint density at radius 3 is 2.39 bits per heavy atom. The Hall–Kier alpha value is -0.860. The predicted octanol–water partition coefficient (Wildman–Crippen LogP) is 3.54. The molecule has 100 valence electrons. The summed E-state index contributed by atoms with van der Waals surface area (Å²) in [4.78, 5) is 0. The minimum Gasteiger partial charge on any atom is -0.369 e. The summed E-state index contributed by atoms with van der Waals surface area (Å²) in [5.41, 5.74) is 1.28. The highest BCUT2D eigenvalue weighted by Crippen LogP contribution is 2.24. The van der Waals surface area contributed by atoms with Crippen LogP contribution in [0.15, 0.2) is 30.3 Å². The second-order valence-corrected chi connectivity index (χ2v) is 5.67. The van der Waals surface area contributed by atoms with Crippen molar-refractivity contribution in [1.29, 1.82) is 0 Å². The molecule has 2 nitrogen and oxygen atoms in total. The molecule has 0 spiro atoms. The van der Waals surface area contributed by atoms with E-state index >= 15 is 0 Å². The molecule has 2 unspecified atom stereocenters. The van der Waals surface area contributed by atoms with Crippen LogP contribution in [0.4, 0.5) is 0 Å². The maximum Gasteiger partial charge on any atom is 0.0953 e. The third-order valence-electron chi connectivity index (χ3n) is 3.66. The van der Waals surface area contributed by atoms with Gasteiger partial charge < -0.3 is 10.1 Å². The van der Waals surface area contributed by atoms with Crippen LogP contribution in [0, 0.1) is 5.92 Å². The minimum absolute atomic E-state index is 0.171. The summed E-state index contributed by atoms with van der Waals surface area (Å²) in [6.07, 6.45) is 3.10. The molecule has 1 N–H and O–H groups in total. The first kappa shape index (κ1) is 13.6. The van der Waals surface area contributed by atoms with E-state index in [9.17, 15) is 0 Å². The van der Waals surface area contributed by atoms with Crippen molar-refractivity contribution in [3.05, 3.63) is 35.9 Å². The van der Waals surface area contributed by atoms with Crippen molar-refractivity contribution in [3.63, 3.8) is 0 Å². The summed E-state index contributed by atoms with van der Waals surface area (Å²) in [5, 5.41) is 3.57. The highest BCUT2D eigenvalue weighted by molar-refractivity contribution is 5.18. The Bertz CT molecular complexity index is 345. The van der Waals surface area contributed by atoms with Crippen LogP contribution in [0.1, 0.15) is 45.3 Å². The minimum atomic E-state index is 0.171. The van der Waals surface area contributed by atoms with Gasteiger partial charge >= 0.3 is 0 Å². The molecule has 2 atom stereocenters. The zero-order valence-corrected chi connectivity index (χ0v) is 11.7. The molecule has 0 aliphatic heterocycles. The van der Waals surface area contributed by atoms with Gasteiger partial charge in [-0.15, -0.1) is 0 Å². The van der Waals surface area contributed by atoms with Gasteiger partial charge in [-0.05, 0) is 31.2 Å². The number of ether oxygens (including phenoxy) is 1. The van der Waals surface area contributed by atoms with Crippen molar-refractivity contribution < 1.29 is 4.74 Å². The quantitative estimate of drug-likeness (QED) is 0.795. The highest BCUT2D eigenvalue weighted by Gasteiger charge is 2.24. The number of nitrogens with one attached hydrogen (secondary N) is 1. The monoisotopic (exact) mass is 247 g/mol. The van der Waals surface area contributed by atoms with Gasteiger partial charge in [-0.3, -0.25) is 0 Å². The Morgan fingerprint density at radius 2 is 1.83 bits per heavy atom. The van der Waals surface area contributed by atoms with Crippen molar-refractivity contribution >= 4 is 0 Å². The van der Waals surface area contributed by atoms with Gasteiger partial charge in [-0.2, -0.15) is 0 Å². The van der Waals surface area contributed by atoms with Gasteiger partial charge in [0.05, 0.1) is 12.2 Å². The molecule has 1 aliphatic rings. The zero-order valence-electron chi connectivity index (χ0n) is 11.7. The Kier molecular flexibility index (Phi) is 4.79. The standard InChI is InChI=1S/C16H25NO/c1-12(2)13(3)18-16(11-17-15-9-10-15)14-7-5-4-6-8-14/h4-8,12-13,15-17H,9-11H2,1-3H3. The molecule has 1 aliphatic carbocycles. The molecule has 1 aromatic rings. The van der Waals surface area contributed by atoms with Crippen molar-refractivity contribution in [2.75, 3.05) is 6.54 Å². The van der Waals surface area contributed by atoms with Crippen LogP contribution in [-0.2, 0) is 4.74 Å². The molecule has 0 saturated heterocycles. The van der Waals surface area contributed by atoms with Gasteiger partial charge in [-0.25, -0.2) is 0 Å². The fraction of sp³-hybridized carbons (Fsp3) is 0.625. The van der Waals surface area contributed by atoms with Crippen LogP contribution >= 0.6 is 0 Å². The molecular formula is C16H25NO. The highest BCUT2D eigenvalue weighted by atomic mass is 16.5. The van der Waals surface area contributed by atoms with Gasteiger partial charge in [0, 0.05) is 12.6 Å². The summed E-state index contributed by atoms with van der Waals surface area (Å²) in [6.45, 7) is 7.51. The number of benzene rings is 1. The first-order valence-corrected chi connectivity index (χ1v) is 7.10. The average Bonchev–Trinajstić information content (AvgIpc) is 3.19. The SMILES string of the molecule is CC(C)C(C)OC(CNC1CC1)c1ccccc1. The topological polar surface area (TPSA) is 21.3 Å². The second-order valence-electron chi connectivity index (χ2n) is 5.67. The first-order valence-electron chi connectivity index (χ1n) is 7.10. The van der Waals surface area contributed by atoms with Crippen LogP contribution in [0.25, 0.3) is 0 Å². The Labute approximate surface area is 111 Å². The number of hydrogen-bond acceptors (Lipinski definition) is 2. The molecule has 18 heavy (non-hydrogen) atoms. The van der Waals surface area contributed by atoms with E-state index in [-0.39, 0.29) is 12.2 Å². The van der Waals surface area contributed by atoms with Gasteiger partial charge in [0.2, 0.25) is 0 Å². The van der Waals surface area contributed by atoms with Crippen LogP contribution in [0.3, 0.4) is 0 Å². The van der Waals surface area contributed by atoms with Crippen LogP contribution in [0.5, 0.6) is 0 Å². The fourth-order valence-corrected chi connectivity index (χ4v) is 1.89. The van der Waals surface area contributed by atoms with Crippen LogP contribution < -0.4 is 5.32 Å². The van der Waals surface area contributed by atoms with E-state index in [2.05, 4.69) is 56.4 Å². The molecule has 0 aromatic heterocycles. The summed E-state index contributed by atoms with van der Waals surface area (Å²) in [6, 6.07) is 11.3. The van der Waals surface area contributed by atoms with E-state index in [4.69, 9.17) is 4.74 Å². The van der Waals surface area contributed by atoms with Crippen molar-refractivity contribution in [3.8, 4) is 0 Å². The molecule has 0 radical (unpaired) electrons. The van der Waals surface area contributed by atoms with E-state index < -0.39 is 0 Å². The lowest BCUT2D eigenvalue weighted by Crippen LogP contribution is -2.29. The van der Waals surface area contributed by atoms with Gasteiger partial charge in [0.25, 0.3) is 0 Å². The van der Waals surface area contributed by atoms with E-state index in [1.807, 2.05) is 0 Å². The molecule has 0 bridgehead atoms. The largest absolute Gasteiger partial charge is 0.369 e. The number of rotatable bonds is 7. The summed E-state index contributed by atoms with van der Waals surface area (Å²) in [5.74, 6) is 0.553. The lowest BCUT2D eigenvalue weighted by Gasteiger charge is -2.25. The maximum atomic E-state index is 6.21. The van der Waals surface area contributed by atoms with Crippen molar-refractivity contribution in [1.82, 2.24) is 5.32 Å². The predicted molar refractivity (Wildman–Crippen MR) is 75.6 cm³/mol. The lowest BCUT2D eigenvalue weighted by atomic mass is 10.1. The van der Waals surface area contributed by atoms with Gasteiger partial charge in [-0.1, -0.05) is 44.2 Å². The van der Waals surface area contributed by atoms with Crippen LogP contribution in [0.2, 0.25) is 0 Å². The molecule has 2 rings (SSSR count). The number of hydrogen-bond donors (Lipinski definition) is 1. The zero-order chi connectivity index (χ0) is 13.0. The molecule has 1 fully saturated rings. The van der Waals surface area contributed by atoms with E-state index in [0.29, 0.717) is 5.92 Å². The molecule has 1 saturated carbocycles. The molecular weight excluding hydrogens is 222 g/mol. The molecule has 0 heterocycles. The van der Waals surface area contributed by atoms with Crippen molar-refractivity contribution in [2.24, 2.45) is 5.92 Å². The van der Waals surface area contributed by atoms with Gasteiger partial charge in [0.15, 0.2) is 0 Å². The summed E-state index contributed by atoms with van der Waals surface area (Å²) in [7, 11) is 0. The van der Waals surface area contributed by atoms with E-state index in [1.165, 1.54) is 18.4 Å². The Morgan fingerprint density at radius 1 is 1.17 bits per heavy atom. The molecule has 1 aromatic carbocycles. The average molecular weight is 247 g/mol. The smallest absolute Gasteiger partial charge is 0.0953 e. The fourth-order valence-electron chi connectivity index (χ4n) is 1.89. The third-order valence-corrected chi connectivity index (χ3v) is 3.66. The van der Waals surface area contributed by atoms with E-state index in [1.54, 1.807) is 0 Å². The Balaban J connectivity index is 1.97. The van der Waals surface area contributed by atoms with Crippen LogP contribution in [-0.4, -0.2) is 18.7 Å². The third kappa shape index (κ3) is 4.11. The molecule has 0 amide bonds. The normalized spacial score (nSPS) is 18.9. The van der Waals surface area contributed by atoms with Crippen molar-refractivity contribution in [2.45, 2.75) is 51.9 Å². The summed E-state index contributed by atoms with van der Waals surface area (Å²) < 4.78 is 6.21.